The summed E-state index contributed by atoms with van der Waals surface area (Å²) in [6.07, 6.45) is 0. The molecule has 1 aromatic rings. The first-order valence-electron chi connectivity index (χ1n) is 5.49. The summed E-state index contributed by atoms with van der Waals surface area (Å²) in [6, 6.07) is 8.30. The van der Waals surface area contributed by atoms with Crippen LogP contribution in [-0.4, -0.2) is 18.3 Å². The van der Waals surface area contributed by atoms with Gasteiger partial charge >= 0.3 is 5.97 Å². The van der Waals surface area contributed by atoms with Crippen molar-refractivity contribution in [3.8, 4) is 0 Å². The zero-order valence-corrected chi connectivity index (χ0v) is 10.8. The van der Waals surface area contributed by atoms with Crippen LogP contribution in [0.3, 0.4) is 0 Å². The Morgan fingerprint density at radius 1 is 1.50 bits per heavy atom. The first-order chi connectivity index (χ1) is 7.63. The molecule has 88 valence electrons. The lowest BCUT2D eigenvalue weighted by Crippen LogP contribution is -2.16. The van der Waals surface area contributed by atoms with Crippen LogP contribution in [-0.2, 0) is 9.53 Å². The highest BCUT2D eigenvalue weighted by Gasteiger charge is 2.13. The molecule has 0 radical (unpaired) electrons. The predicted molar refractivity (Wildman–Crippen MR) is 67.7 cm³/mol. The van der Waals surface area contributed by atoms with Crippen LogP contribution in [0.15, 0.2) is 29.2 Å². The standard InChI is InChI=1S/C13H18O2S/c1-4-15-13(14)11(3)9-16-12-7-5-6-10(2)8-12/h5-8,11H,4,9H2,1-3H3. The van der Waals surface area contributed by atoms with Gasteiger partial charge in [0.2, 0.25) is 0 Å². The van der Waals surface area contributed by atoms with Crippen LogP contribution in [0.5, 0.6) is 0 Å². The smallest absolute Gasteiger partial charge is 0.309 e. The van der Waals surface area contributed by atoms with E-state index in [1.165, 1.54) is 10.5 Å². The molecule has 0 aromatic heterocycles. The van der Waals surface area contributed by atoms with E-state index >= 15 is 0 Å². The van der Waals surface area contributed by atoms with Gasteiger partial charge in [-0.25, -0.2) is 0 Å². The molecule has 2 nitrogen and oxygen atoms in total. The Balaban J connectivity index is 2.42. The maximum Gasteiger partial charge on any atom is 0.309 e. The van der Waals surface area contributed by atoms with E-state index in [0.29, 0.717) is 6.61 Å². The molecule has 0 aliphatic carbocycles. The lowest BCUT2D eigenvalue weighted by Gasteiger charge is -2.10. The van der Waals surface area contributed by atoms with Gasteiger partial charge in [-0.1, -0.05) is 24.6 Å². The Morgan fingerprint density at radius 3 is 2.88 bits per heavy atom. The number of benzene rings is 1. The summed E-state index contributed by atoms with van der Waals surface area (Å²) in [4.78, 5) is 12.6. The van der Waals surface area contributed by atoms with Crippen molar-refractivity contribution in [3.63, 3.8) is 0 Å². The largest absolute Gasteiger partial charge is 0.466 e. The van der Waals surface area contributed by atoms with Gasteiger partial charge in [0.1, 0.15) is 0 Å². The highest BCUT2D eigenvalue weighted by Crippen LogP contribution is 2.21. The molecule has 1 aromatic carbocycles. The molecule has 0 aliphatic heterocycles. The molecule has 1 unspecified atom stereocenters. The number of carbonyl (C=O) groups excluding carboxylic acids is 1. The fourth-order valence-corrected chi connectivity index (χ4v) is 2.30. The maximum absolute atomic E-state index is 11.4. The normalized spacial score (nSPS) is 12.2. The van der Waals surface area contributed by atoms with Crippen LogP contribution >= 0.6 is 11.8 Å². The highest BCUT2D eigenvalue weighted by molar-refractivity contribution is 7.99. The van der Waals surface area contributed by atoms with Gasteiger partial charge < -0.3 is 4.74 Å². The SMILES string of the molecule is CCOC(=O)C(C)CSc1cccc(C)c1. The molecule has 16 heavy (non-hydrogen) atoms. The van der Waals surface area contributed by atoms with Crippen molar-refractivity contribution in [2.75, 3.05) is 12.4 Å². The number of esters is 1. The molecule has 0 fully saturated rings. The van der Waals surface area contributed by atoms with Gasteiger partial charge in [0.05, 0.1) is 12.5 Å². The van der Waals surface area contributed by atoms with Gasteiger partial charge in [-0.05, 0) is 26.0 Å². The third-order valence-corrected chi connectivity index (χ3v) is 3.43. The van der Waals surface area contributed by atoms with Gasteiger partial charge in [-0.15, -0.1) is 11.8 Å². The molecule has 0 saturated carbocycles. The van der Waals surface area contributed by atoms with Gasteiger partial charge in [0, 0.05) is 10.6 Å². The molecular formula is C13H18O2S. The van der Waals surface area contributed by atoms with Crippen LogP contribution < -0.4 is 0 Å². The predicted octanol–water partition coefficient (Wildman–Crippen LogP) is 3.29. The topological polar surface area (TPSA) is 26.3 Å². The molecule has 0 N–H and O–H groups in total. The van der Waals surface area contributed by atoms with Crippen LogP contribution in [0.25, 0.3) is 0 Å². The first kappa shape index (κ1) is 13.1. The Kier molecular flexibility index (Phi) is 5.39. The number of carbonyl (C=O) groups is 1. The molecule has 0 spiro atoms. The third kappa shape index (κ3) is 4.27. The fourth-order valence-electron chi connectivity index (χ4n) is 1.28. The van der Waals surface area contributed by atoms with Crippen molar-refractivity contribution in [1.29, 1.82) is 0 Å². The lowest BCUT2D eigenvalue weighted by molar-refractivity contribution is -0.146. The second kappa shape index (κ2) is 6.59. The van der Waals surface area contributed by atoms with E-state index in [-0.39, 0.29) is 11.9 Å². The van der Waals surface area contributed by atoms with E-state index in [1.807, 2.05) is 19.9 Å². The van der Waals surface area contributed by atoms with Crippen molar-refractivity contribution < 1.29 is 9.53 Å². The summed E-state index contributed by atoms with van der Waals surface area (Å²) < 4.78 is 4.96. The maximum atomic E-state index is 11.4. The Hall–Kier alpha value is -0.960. The minimum atomic E-state index is -0.109. The van der Waals surface area contributed by atoms with E-state index in [2.05, 4.69) is 25.1 Å². The average molecular weight is 238 g/mol. The molecular weight excluding hydrogens is 220 g/mol. The molecule has 1 atom stereocenters. The van der Waals surface area contributed by atoms with E-state index in [4.69, 9.17) is 4.74 Å². The summed E-state index contributed by atoms with van der Waals surface area (Å²) in [6.45, 7) is 6.26. The first-order valence-corrected chi connectivity index (χ1v) is 6.48. The van der Waals surface area contributed by atoms with Crippen LogP contribution in [0.2, 0.25) is 0 Å². The molecule has 0 aliphatic rings. The summed E-state index contributed by atoms with van der Waals surface area (Å²) in [5, 5.41) is 0. The van der Waals surface area contributed by atoms with Gasteiger partial charge in [-0.2, -0.15) is 0 Å². The van der Waals surface area contributed by atoms with Crippen LogP contribution in [0.4, 0.5) is 0 Å². The third-order valence-electron chi connectivity index (χ3n) is 2.18. The number of ether oxygens (including phenoxy) is 1. The number of hydrogen-bond acceptors (Lipinski definition) is 3. The van der Waals surface area contributed by atoms with Crippen molar-refractivity contribution >= 4 is 17.7 Å². The minimum Gasteiger partial charge on any atom is -0.466 e. The number of thioether (sulfide) groups is 1. The monoisotopic (exact) mass is 238 g/mol. The van der Waals surface area contributed by atoms with Crippen molar-refractivity contribution in [2.45, 2.75) is 25.7 Å². The Morgan fingerprint density at radius 2 is 2.25 bits per heavy atom. The molecule has 0 amide bonds. The summed E-state index contributed by atoms with van der Waals surface area (Å²) in [5.41, 5.74) is 1.24. The van der Waals surface area contributed by atoms with Crippen molar-refractivity contribution in [3.05, 3.63) is 29.8 Å². The second-order valence-electron chi connectivity index (χ2n) is 3.78. The van der Waals surface area contributed by atoms with Gasteiger partial charge in [-0.3, -0.25) is 4.79 Å². The van der Waals surface area contributed by atoms with Crippen molar-refractivity contribution in [2.24, 2.45) is 5.92 Å². The van der Waals surface area contributed by atoms with E-state index in [0.717, 1.165) is 5.75 Å². The van der Waals surface area contributed by atoms with E-state index in [1.54, 1.807) is 11.8 Å². The minimum absolute atomic E-state index is 0.0505. The molecule has 0 bridgehead atoms. The molecule has 0 saturated heterocycles. The highest BCUT2D eigenvalue weighted by atomic mass is 32.2. The second-order valence-corrected chi connectivity index (χ2v) is 4.87. The van der Waals surface area contributed by atoms with Crippen LogP contribution in [0.1, 0.15) is 19.4 Å². The summed E-state index contributed by atoms with van der Waals surface area (Å²) in [5.74, 6) is 0.607. The van der Waals surface area contributed by atoms with E-state index < -0.39 is 0 Å². The Bertz CT molecular complexity index is 350. The van der Waals surface area contributed by atoms with Crippen LogP contribution in [0, 0.1) is 12.8 Å². The zero-order valence-electron chi connectivity index (χ0n) is 10.0. The zero-order chi connectivity index (χ0) is 12.0. The fraction of sp³-hybridized carbons (Fsp3) is 0.462. The number of hydrogen-bond donors (Lipinski definition) is 0. The average Bonchev–Trinajstić information content (AvgIpc) is 2.26. The van der Waals surface area contributed by atoms with Gasteiger partial charge in [0.15, 0.2) is 0 Å². The quantitative estimate of drug-likeness (QED) is 0.581. The molecule has 3 heteroatoms. The number of aryl methyl sites for hydroxylation is 1. The lowest BCUT2D eigenvalue weighted by atomic mass is 10.2. The Labute approximate surface area is 101 Å². The van der Waals surface area contributed by atoms with E-state index in [9.17, 15) is 4.79 Å². The van der Waals surface area contributed by atoms with Crippen molar-refractivity contribution in [1.82, 2.24) is 0 Å². The summed E-state index contributed by atoms with van der Waals surface area (Å²) in [7, 11) is 0. The van der Waals surface area contributed by atoms with Gasteiger partial charge in [0.25, 0.3) is 0 Å². The summed E-state index contributed by atoms with van der Waals surface area (Å²) >= 11 is 1.70. The molecule has 0 heterocycles. The molecule has 1 rings (SSSR count). The number of rotatable bonds is 5.